The highest BCUT2D eigenvalue weighted by atomic mass is 19.4. The standard InChI is InChI=1S/C11H9F3N2O3/c12-11(13,14)19-8-4-2-1-3-7(8)16-6-9(17)15-5-10(16)18/h1-4H,5-6H2,(H,15,17). The van der Waals surface area contributed by atoms with Crippen LogP contribution in [0.15, 0.2) is 24.3 Å². The van der Waals surface area contributed by atoms with Gasteiger partial charge in [0, 0.05) is 0 Å². The second kappa shape index (κ2) is 4.79. The second-order valence-electron chi connectivity index (χ2n) is 3.77. The van der Waals surface area contributed by atoms with E-state index in [2.05, 4.69) is 10.1 Å². The van der Waals surface area contributed by atoms with Gasteiger partial charge in [-0.1, -0.05) is 12.1 Å². The number of rotatable bonds is 2. The highest BCUT2D eigenvalue weighted by molar-refractivity contribution is 6.05. The van der Waals surface area contributed by atoms with Gasteiger partial charge in [0.25, 0.3) is 0 Å². The number of piperazine rings is 1. The van der Waals surface area contributed by atoms with Crippen molar-refractivity contribution < 1.29 is 27.5 Å². The number of carbonyl (C=O) groups excluding carboxylic acids is 2. The third-order valence-electron chi connectivity index (χ3n) is 2.42. The number of ether oxygens (including phenoxy) is 1. The summed E-state index contributed by atoms with van der Waals surface area (Å²) in [6.07, 6.45) is -4.86. The van der Waals surface area contributed by atoms with Crippen LogP contribution in [-0.2, 0) is 9.59 Å². The maximum atomic E-state index is 12.3. The van der Waals surface area contributed by atoms with Crippen LogP contribution in [0.1, 0.15) is 0 Å². The van der Waals surface area contributed by atoms with Gasteiger partial charge in [0.15, 0.2) is 5.75 Å². The molecule has 1 saturated heterocycles. The smallest absolute Gasteiger partial charge is 0.404 e. The van der Waals surface area contributed by atoms with Crippen molar-refractivity contribution in [3.8, 4) is 5.75 Å². The van der Waals surface area contributed by atoms with Gasteiger partial charge in [0.2, 0.25) is 11.8 Å². The maximum absolute atomic E-state index is 12.3. The molecular weight excluding hydrogens is 265 g/mol. The fraction of sp³-hybridized carbons (Fsp3) is 0.273. The van der Waals surface area contributed by atoms with Crippen LogP contribution >= 0.6 is 0 Å². The summed E-state index contributed by atoms with van der Waals surface area (Å²) in [5.74, 6) is -1.46. The van der Waals surface area contributed by atoms with Crippen molar-refractivity contribution in [2.45, 2.75) is 6.36 Å². The molecular formula is C11H9F3N2O3. The average molecular weight is 274 g/mol. The lowest BCUT2D eigenvalue weighted by Crippen LogP contribution is -2.51. The quantitative estimate of drug-likeness (QED) is 0.877. The normalized spacial score (nSPS) is 16.3. The molecule has 19 heavy (non-hydrogen) atoms. The molecule has 8 heteroatoms. The van der Waals surface area contributed by atoms with Crippen molar-refractivity contribution >= 4 is 17.5 Å². The first-order valence-electron chi connectivity index (χ1n) is 5.28. The van der Waals surface area contributed by atoms with Crippen LogP contribution in [0.4, 0.5) is 18.9 Å². The summed E-state index contributed by atoms with van der Waals surface area (Å²) >= 11 is 0. The van der Waals surface area contributed by atoms with Gasteiger partial charge in [-0.3, -0.25) is 14.5 Å². The first-order valence-corrected chi connectivity index (χ1v) is 5.28. The monoisotopic (exact) mass is 274 g/mol. The molecule has 2 rings (SSSR count). The fourth-order valence-corrected chi connectivity index (χ4v) is 1.67. The van der Waals surface area contributed by atoms with Gasteiger partial charge in [-0.25, -0.2) is 0 Å². The third kappa shape index (κ3) is 3.15. The van der Waals surface area contributed by atoms with Gasteiger partial charge in [0.1, 0.15) is 6.54 Å². The summed E-state index contributed by atoms with van der Waals surface area (Å²) in [6, 6.07) is 5.18. The molecule has 1 aromatic rings. The number of alkyl halides is 3. The van der Waals surface area contributed by atoms with Gasteiger partial charge in [-0.2, -0.15) is 0 Å². The molecule has 1 aliphatic rings. The Hall–Kier alpha value is -2.25. The minimum atomic E-state index is -4.86. The van der Waals surface area contributed by atoms with Crippen molar-refractivity contribution in [2.24, 2.45) is 0 Å². The van der Waals surface area contributed by atoms with Crippen LogP contribution in [0.5, 0.6) is 5.75 Å². The number of para-hydroxylation sites is 2. The van der Waals surface area contributed by atoms with Gasteiger partial charge < -0.3 is 10.1 Å². The van der Waals surface area contributed by atoms with Crippen LogP contribution < -0.4 is 15.0 Å². The lowest BCUT2D eigenvalue weighted by atomic mass is 10.2. The molecule has 0 radical (unpaired) electrons. The number of benzene rings is 1. The predicted molar refractivity (Wildman–Crippen MR) is 58.5 cm³/mol. The van der Waals surface area contributed by atoms with E-state index in [-0.39, 0.29) is 18.8 Å². The largest absolute Gasteiger partial charge is 0.573 e. The lowest BCUT2D eigenvalue weighted by Gasteiger charge is -2.28. The van der Waals surface area contributed by atoms with E-state index in [0.29, 0.717) is 0 Å². The Bertz CT molecular complexity index is 516. The van der Waals surface area contributed by atoms with Crippen molar-refractivity contribution in [3.63, 3.8) is 0 Å². The Morgan fingerprint density at radius 3 is 2.58 bits per heavy atom. The van der Waals surface area contributed by atoms with Crippen molar-refractivity contribution in [3.05, 3.63) is 24.3 Å². The summed E-state index contributed by atoms with van der Waals surface area (Å²) in [6.45, 7) is -0.587. The lowest BCUT2D eigenvalue weighted by molar-refractivity contribution is -0.274. The topological polar surface area (TPSA) is 58.6 Å². The molecule has 2 amide bonds. The molecule has 1 fully saturated rings. The van der Waals surface area contributed by atoms with E-state index in [1.165, 1.54) is 18.2 Å². The fourth-order valence-electron chi connectivity index (χ4n) is 1.67. The molecule has 1 N–H and O–H groups in total. The molecule has 5 nitrogen and oxygen atoms in total. The highest BCUT2D eigenvalue weighted by Gasteiger charge is 2.34. The first kappa shape index (κ1) is 13.2. The van der Waals surface area contributed by atoms with Crippen LogP contribution in [0.3, 0.4) is 0 Å². The first-order chi connectivity index (χ1) is 8.87. The molecule has 0 spiro atoms. The SMILES string of the molecule is O=C1CN(c2ccccc2OC(F)(F)F)C(=O)CN1. The van der Waals surface area contributed by atoms with Gasteiger partial charge in [0.05, 0.1) is 12.2 Å². The molecule has 1 aliphatic heterocycles. The summed E-state index contributed by atoms with van der Waals surface area (Å²) in [4.78, 5) is 23.8. The van der Waals surface area contributed by atoms with Crippen molar-refractivity contribution in [2.75, 3.05) is 18.0 Å². The number of nitrogens with zero attached hydrogens (tertiary/aromatic N) is 1. The highest BCUT2D eigenvalue weighted by Crippen LogP contribution is 2.33. The number of carbonyl (C=O) groups is 2. The predicted octanol–water partition coefficient (Wildman–Crippen LogP) is 1.05. The van der Waals surface area contributed by atoms with E-state index in [9.17, 15) is 22.8 Å². The molecule has 0 atom stereocenters. The van der Waals surface area contributed by atoms with Crippen molar-refractivity contribution in [1.82, 2.24) is 5.32 Å². The molecule has 102 valence electrons. The number of nitrogens with one attached hydrogen (secondary N) is 1. The van der Waals surface area contributed by atoms with Crippen LogP contribution in [0.2, 0.25) is 0 Å². The zero-order valence-electron chi connectivity index (χ0n) is 9.53. The number of anilines is 1. The maximum Gasteiger partial charge on any atom is 0.573 e. The average Bonchev–Trinajstić information content (AvgIpc) is 2.31. The Balaban J connectivity index is 2.33. The van der Waals surface area contributed by atoms with Gasteiger partial charge in [-0.05, 0) is 12.1 Å². The van der Waals surface area contributed by atoms with E-state index in [1.807, 2.05) is 0 Å². The summed E-state index contributed by atoms with van der Waals surface area (Å²) in [5, 5.41) is 2.31. The summed E-state index contributed by atoms with van der Waals surface area (Å²) in [7, 11) is 0. The minimum Gasteiger partial charge on any atom is -0.404 e. The second-order valence-corrected chi connectivity index (χ2v) is 3.77. The van der Waals surface area contributed by atoms with E-state index in [0.717, 1.165) is 11.0 Å². The summed E-state index contributed by atoms with van der Waals surface area (Å²) in [5.41, 5.74) is -0.0836. The van der Waals surface area contributed by atoms with Crippen LogP contribution in [0.25, 0.3) is 0 Å². The van der Waals surface area contributed by atoms with Gasteiger partial charge in [-0.15, -0.1) is 13.2 Å². The number of halogens is 3. The molecule has 1 aromatic carbocycles. The Morgan fingerprint density at radius 1 is 1.21 bits per heavy atom. The molecule has 0 aliphatic carbocycles. The zero-order valence-corrected chi connectivity index (χ0v) is 9.53. The zero-order chi connectivity index (χ0) is 14.0. The molecule has 0 unspecified atom stereocenters. The molecule has 0 aromatic heterocycles. The van der Waals surface area contributed by atoms with E-state index in [1.54, 1.807) is 0 Å². The van der Waals surface area contributed by atoms with Crippen LogP contribution in [-0.4, -0.2) is 31.3 Å². The number of hydrogen-bond donors (Lipinski definition) is 1. The Morgan fingerprint density at radius 2 is 1.89 bits per heavy atom. The Kier molecular flexibility index (Phi) is 3.32. The van der Waals surface area contributed by atoms with Crippen LogP contribution in [0, 0.1) is 0 Å². The summed E-state index contributed by atoms with van der Waals surface area (Å²) < 4.78 is 40.6. The molecule has 0 saturated carbocycles. The van der Waals surface area contributed by atoms with Gasteiger partial charge >= 0.3 is 6.36 Å². The van der Waals surface area contributed by atoms with E-state index >= 15 is 0 Å². The number of amides is 2. The van der Waals surface area contributed by atoms with Crippen molar-refractivity contribution in [1.29, 1.82) is 0 Å². The number of hydrogen-bond acceptors (Lipinski definition) is 3. The molecule has 1 heterocycles. The molecule has 0 bridgehead atoms. The third-order valence-corrected chi connectivity index (χ3v) is 2.42. The minimum absolute atomic E-state index is 0.0836. The Labute approximate surface area is 105 Å². The van der Waals surface area contributed by atoms with E-state index < -0.39 is 23.9 Å². The van der Waals surface area contributed by atoms with E-state index in [4.69, 9.17) is 0 Å².